The van der Waals surface area contributed by atoms with Gasteiger partial charge in [-0.3, -0.25) is 9.52 Å². The first-order valence-electron chi connectivity index (χ1n) is 7.66. The van der Waals surface area contributed by atoms with Gasteiger partial charge in [-0.2, -0.15) is 0 Å². The van der Waals surface area contributed by atoms with Gasteiger partial charge in [-0.05, 0) is 48.9 Å². The zero-order valence-electron chi connectivity index (χ0n) is 13.9. The van der Waals surface area contributed by atoms with Gasteiger partial charge in [0, 0.05) is 11.4 Å². The van der Waals surface area contributed by atoms with Crippen LogP contribution in [0.25, 0.3) is 0 Å². The Bertz CT molecular complexity index is 1150. The summed E-state index contributed by atoms with van der Waals surface area (Å²) in [6.45, 7) is 1.50. The molecule has 144 valence electrons. The van der Waals surface area contributed by atoms with E-state index in [2.05, 4.69) is 4.72 Å². The lowest BCUT2D eigenvalue weighted by Gasteiger charge is -2.17. The lowest BCUT2D eigenvalue weighted by molar-refractivity contribution is -0.116. The molecule has 1 aliphatic rings. The second-order valence-electron chi connectivity index (χ2n) is 5.90. The second-order valence-corrected chi connectivity index (χ2v) is 10.3. The van der Waals surface area contributed by atoms with Crippen molar-refractivity contribution in [3.63, 3.8) is 0 Å². The third-order valence-electron chi connectivity index (χ3n) is 3.93. The first-order valence-corrected chi connectivity index (χ1v) is 11.5. The first-order chi connectivity index (χ1) is 12.5. The molecule has 2 aromatic rings. The highest BCUT2D eigenvalue weighted by Gasteiger charge is 2.36. The number of aryl methyl sites for hydroxylation is 1. The number of anilines is 2. The summed E-state index contributed by atoms with van der Waals surface area (Å²) in [4.78, 5) is 11.8. The maximum atomic E-state index is 12.7. The van der Waals surface area contributed by atoms with E-state index in [0.717, 1.165) is 0 Å². The molecule has 0 aromatic heterocycles. The Morgan fingerprint density at radius 3 is 2.41 bits per heavy atom. The molecule has 3 rings (SSSR count). The van der Waals surface area contributed by atoms with E-state index in [1.54, 1.807) is 0 Å². The van der Waals surface area contributed by atoms with Crippen LogP contribution < -0.4 is 9.03 Å². The number of sulfonamides is 2. The topological polar surface area (TPSA) is 101 Å². The third kappa shape index (κ3) is 3.91. The molecule has 1 amide bonds. The van der Waals surface area contributed by atoms with Gasteiger partial charge in [-0.15, -0.1) is 0 Å². The number of carbonyl (C=O) groups is 1. The van der Waals surface area contributed by atoms with E-state index >= 15 is 0 Å². The molecule has 27 heavy (non-hydrogen) atoms. The minimum absolute atomic E-state index is 0.0775. The van der Waals surface area contributed by atoms with Crippen molar-refractivity contribution in [2.24, 2.45) is 0 Å². The van der Waals surface area contributed by atoms with E-state index in [9.17, 15) is 21.6 Å². The van der Waals surface area contributed by atoms with Gasteiger partial charge >= 0.3 is 0 Å². The number of nitrogens with zero attached hydrogens (tertiary/aromatic N) is 1. The van der Waals surface area contributed by atoms with Crippen LogP contribution >= 0.6 is 23.2 Å². The number of carbonyl (C=O) groups excluding carboxylic acids is 1. The van der Waals surface area contributed by atoms with E-state index < -0.39 is 26.0 Å². The van der Waals surface area contributed by atoms with E-state index in [1.807, 2.05) is 0 Å². The molecule has 0 unspecified atom stereocenters. The number of hydrogen-bond acceptors (Lipinski definition) is 5. The largest absolute Gasteiger partial charge is 0.278 e. The fraction of sp³-hybridized carbons (Fsp3) is 0.188. The van der Waals surface area contributed by atoms with Crippen molar-refractivity contribution >= 4 is 60.5 Å². The Balaban J connectivity index is 1.98. The number of hydrogen-bond donors (Lipinski definition) is 1. The predicted molar refractivity (Wildman–Crippen MR) is 104 cm³/mol. The molecule has 1 saturated heterocycles. The molecule has 0 spiro atoms. The fourth-order valence-electron chi connectivity index (χ4n) is 2.71. The molecule has 7 nitrogen and oxygen atoms in total. The highest BCUT2D eigenvalue weighted by Crippen LogP contribution is 2.31. The van der Waals surface area contributed by atoms with Crippen LogP contribution in [0.3, 0.4) is 0 Å². The SMILES string of the molecule is Cc1cc(N2C(=O)CCS2(=O)=O)ccc1S(=O)(=O)Nc1cc(Cl)ccc1Cl. The van der Waals surface area contributed by atoms with Crippen LogP contribution in [0.5, 0.6) is 0 Å². The van der Waals surface area contributed by atoms with Gasteiger partial charge in [-0.1, -0.05) is 23.2 Å². The summed E-state index contributed by atoms with van der Waals surface area (Å²) in [5, 5.41) is 0.480. The third-order valence-corrected chi connectivity index (χ3v) is 7.72. The zero-order valence-corrected chi connectivity index (χ0v) is 17.1. The van der Waals surface area contributed by atoms with Crippen LogP contribution in [0, 0.1) is 6.92 Å². The Labute approximate surface area is 167 Å². The summed E-state index contributed by atoms with van der Waals surface area (Å²) < 4.78 is 52.5. The summed E-state index contributed by atoms with van der Waals surface area (Å²) in [5.74, 6) is -0.812. The average molecular weight is 449 g/mol. The number of rotatable bonds is 4. The lowest BCUT2D eigenvalue weighted by atomic mass is 10.2. The van der Waals surface area contributed by atoms with E-state index in [4.69, 9.17) is 23.2 Å². The summed E-state index contributed by atoms with van der Waals surface area (Å²) in [6.07, 6.45) is -0.101. The minimum Gasteiger partial charge on any atom is -0.278 e. The minimum atomic E-state index is -4.01. The molecule has 1 heterocycles. The molecule has 11 heteroatoms. The molecular weight excluding hydrogens is 435 g/mol. The molecule has 1 aliphatic heterocycles. The van der Waals surface area contributed by atoms with Gasteiger partial charge in [0.2, 0.25) is 15.9 Å². The van der Waals surface area contributed by atoms with Crippen LogP contribution in [-0.2, 0) is 24.8 Å². The highest BCUT2D eigenvalue weighted by atomic mass is 35.5. The van der Waals surface area contributed by atoms with Crippen LogP contribution in [0.4, 0.5) is 11.4 Å². The van der Waals surface area contributed by atoms with Gasteiger partial charge in [-0.25, -0.2) is 21.1 Å². The number of amides is 1. The van der Waals surface area contributed by atoms with Crippen LogP contribution in [-0.4, -0.2) is 28.5 Å². The molecule has 1 N–H and O–H groups in total. The Morgan fingerprint density at radius 1 is 1.11 bits per heavy atom. The fourth-order valence-corrected chi connectivity index (χ4v) is 5.85. The number of nitrogens with one attached hydrogen (secondary N) is 1. The standard InChI is InChI=1S/C16H14Cl2N2O5S2/c1-10-8-12(20-16(21)6-7-26(20,22)23)3-5-15(10)27(24,25)19-14-9-11(17)2-4-13(14)18/h2-5,8-9,19H,6-7H2,1H3. The van der Waals surface area contributed by atoms with Gasteiger partial charge in [0.15, 0.2) is 0 Å². The maximum absolute atomic E-state index is 12.7. The molecule has 1 fully saturated rings. The van der Waals surface area contributed by atoms with Crippen LogP contribution in [0.15, 0.2) is 41.3 Å². The molecule has 0 aliphatic carbocycles. The molecule has 0 saturated carbocycles. The normalized spacial score (nSPS) is 16.6. The average Bonchev–Trinajstić information content (AvgIpc) is 2.83. The van der Waals surface area contributed by atoms with Crippen molar-refractivity contribution in [2.45, 2.75) is 18.2 Å². The van der Waals surface area contributed by atoms with Crippen molar-refractivity contribution in [1.82, 2.24) is 0 Å². The lowest BCUT2D eigenvalue weighted by Crippen LogP contribution is -2.29. The summed E-state index contributed by atoms with van der Waals surface area (Å²) in [5.41, 5.74) is 0.493. The van der Waals surface area contributed by atoms with Gasteiger partial charge in [0.1, 0.15) is 0 Å². The molecule has 2 aromatic carbocycles. The first kappa shape index (κ1) is 19.9. The van der Waals surface area contributed by atoms with Crippen molar-refractivity contribution in [3.8, 4) is 0 Å². The smallest absolute Gasteiger partial charge is 0.262 e. The maximum Gasteiger partial charge on any atom is 0.262 e. The number of halogens is 2. The van der Waals surface area contributed by atoms with Crippen molar-refractivity contribution in [2.75, 3.05) is 14.8 Å². The van der Waals surface area contributed by atoms with Crippen molar-refractivity contribution in [1.29, 1.82) is 0 Å². The van der Waals surface area contributed by atoms with Gasteiger partial charge < -0.3 is 0 Å². The van der Waals surface area contributed by atoms with Gasteiger partial charge in [0.25, 0.3) is 10.0 Å². The molecule has 0 atom stereocenters. The van der Waals surface area contributed by atoms with Crippen molar-refractivity contribution in [3.05, 3.63) is 52.0 Å². The van der Waals surface area contributed by atoms with E-state index in [1.165, 1.54) is 43.3 Å². The highest BCUT2D eigenvalue weighted by molar-refractivity contribution is 7.94. The summed E-state index contributed by atoms with van der Waals surface area (Å²) in [7, 11) is -7.74. The van der Waals surface area contributed by atoms with Crippen molar-refractivity contribution < 1.29 is 21.6 Å². The second kappa shape index (κ2) is 6.97. The Hall–Kier alpha value is -1.81. The molecule has 0 bridgehead atoms. The molecule has 0 radical (unpaired) electrons. The molecular formula is C16H14Cl2N2O5S2. The number of benzene rings is 2. The monoisotopic (exact) mass is 448 g/mol. The Morgan fingerprint density at radius 2 is 1.81 bits per heavy atom. The summed E-state index contributed by atoms with van der Waals surface area (Å²) >= 11 is 11.9. The van der Waals surface area contributed by atoms with E-state index in [0.29, 0.717) is 9.33 Å². The zero-order chi connectivity index (χ0) is 20.0. The Kier molecular flexibility index (Phi) is 5.15. The van der Waals surface area contributed by atoms with Gasteiger partial charge in [0.05, 0.1) is 27.0 Å². The van der Waals surface area contributed by atoms with Crippen LogP contribution in [0.2, 0.25) is 10.0 Å². The van der Waals surface area contributed by atoms with Crippen LogP contribution in [0.1, 0.15) is 12.0 Å². The quantitative estimate of drug-likeness (QED) is 0.773. The summed E-state index contributed by atoms with van der Waals surface area (Å²) in [6, 6.07) is 8.22. The predicted octanol–water partition coefficient (Wildman–Crippen LogP) is 3.17. The van der Waals surface area contributed by atoms with E-state index in [-0.39, 0.29) is 39.0 Å².